The predicted octanol–water partition coefficient (Wildman–Crippen LogP) is 1.91. The highest BCUT2D eigenvalue weighted by Crippen LogP contribution is 2.27. The molecule has 0 saturated carbocycles. The molecule has 2 rings (SSSR count). The molecule has 0 aliphatic carbocycles. The molecule has 0 aliphatic rings. The van der Waals surface area contributed by atoms with Gasteiger partial charge in [-0.2, -0.15) is 5.10 Å². The third kappa shape index (κ3) is 2.91. The quantitative estimate of drug-likeness (QED) is 0.388. The van der Waals surface area contributed by atoms with Gasteiger partial charge >= 0.3 is 0 Å². The average molecular weight is 289 g/mol. The van der Waals surface area contributed by atoms with Crippen LogP contribution in [-0.4, -0.2) is 28.3 Å². The van der Waals surface area contributed by atoms with Crippen molar-refractivity contribution >= 4 is 11.7 Å². The highest BCUT2D eigenvalue weighted by atomic mass is 19.1. The SMILES string of the molecule is CC(c1ccccc1F)N(C)c1nnccc1/C(N)=N/O. The smallest absolute Gasteiger partial charge is 0.173 e. The number of aromatic nitrogens is 2. The predicted molar refractivity (Wildman–Crippen MR) is 77.8 cm³/mol. The molecule has 0 saturated heterocycles. The lowest BCUT2D eigenvalue weighted by atomic mass is 10.1. The Morgan fingerprint density at radius 3 is 2.76 bits per heavy atom. The number of halogens is 1. The minimum atomic E-state index is -0.300. The summed E-state index contributed by atoms with van der Waals surface area (Å²) in [5.41, 5.74) is 6.59. The fourth-order valence-electron chi connectivity index (χ4n) is 2.04. The number of nitrogens with two attached hydrogens (primary N) is 1. The Morgan fingerprint density at radius 2 is 2.10 bits per heavy atom. The molecule has 1 heterocycles. The molecule has 6 nitrogen and oxygen atoms in total. The first-order valence-corrected chi connectivity index (χ1v) is 6.33. The molecule has 0 bridgehead atoms. The van der Waals surface area contributed by atoms with Crippen LogP contribution in [0.5, 0.6) is 0 Å². The van der Waals surface area contributed by atoms with Crippen molar-refractivity contribution in [3.8, 4) is 0 Å². The van der Waals surface area contributed by atoms with E-state index >= 15 is 0 Å². The first-order chi connectivity index (χ1) is 10.1. The van der Waals surface area contributed by atoms with Gasteiger partial charge in [0.1, 0.15) is 5.82 Å². The fraction of sp³-hybridized carbons (Fsp3) is 0.214. The zero-order valence-corrected chi connectivity index (χ0v) is 11.7. The van der Waals surface area contributed by atoms with E-state index in [9.17, 15) is 4.39 Å². The zero-order chi connectivity index (χ0) is 15.4. The summed E-state index contributed by atoms with van der Waals surface area (Å²) in [5, 5.41) is 19.6. The maximum atomic E-state index is 13.9. The Kier molecular flexibility index (Phi) is 4.32. The van der Waals surface area contributed by atoms with Crippen LogP contribution in [0, 0.1) is 5.82 Å². The highest BCUT2D eigenvalue weighted by Gasteiger charge is 2.20. The maximum absolute atomic E-state index is 13.9. The van der Waals surface area contributed by atoms with Gasteiger partial charge in [-0.3, -0.25) is 0 Å². The molecule has 110 valence electrons. The van der Waals surface area contributed by atoms with Crippen LogP contribution in [0.3, 0.4) is 0 Å². The van der Waals surface area contributed by atoms with E-state index in [0.29, 0.717) is 16.9 Å². The Hall–Kier alpha value is -2.70. The second kappa shape index (κ2) is 6.17. The molecule has 0 fully saturated rings. The molecule has 1 aromatic carbocycles. The number of nitrogens with zero attached hydrogens (tertiary/aromatic N) is 4. The second-order valence-corrected chi connectivity index (χ2v) is 4.56. The van der Waals surface area contributed by atoms with Gasteiger partial charge in [-0.15, -0.1) is 5.10 Å². The topological polar surface area (TPSA) is 87.6 Å². The molecule has 0 amide bonds. The van der Waals surface area contributed by atoms with Gasteiger partial charge in [0.15, 0.2) is 11.7 Å². The van der Waals surface area contributed by atoms with Gasteiger partial charge in [-0.25, -0.2) is 4.39 Å². The van der Waals surface area contributed by atoms with Crippen molar-refractivity contribution in [3.63, 3.8) is 0 Å². The summed E-state index contributed by atoms with van der Waals surface area (Å²) in [6, 6.07) is 7.80. The Bertz CT molecular complexity index is 661. The van der Waals surface area contributed by atoms with Crippen LogP contribution in [0.2, 0.25) is 0 Å². The number of amidine groups is 1. The van der Waals surface area contributed by atoms with Crippen molar-refractivity contribution in [3.05, 3.63) is 53.5 Å². The molecular formula is C14H16FN5O. The van der Waals surface area contributed by atoms with Crippen LogP contribution in [0.15, 0.2) is 41.7 Å². The molecule has 0 spiro atoms. The zero-order valence-electron chi connectivity index (χ0n) is 11.7. The third-order valence-electron chi connectivity index (χ3n) is 3.36. The van der Waals surface area contributed by atoms with E-state index in [1.54, 1.807) is 36.2 Å². The molecule has 1 atom stereocenters. The third-order valence-corrected chi connectivity index (χ3v) is 3.36. The number of anilines is 1. The van der Waals surface area contributed by atoms with Crippen LogP contribution in [-0.2, 0) is 0 Å². The molecule has 0 aliphatic heterocycles. The van der Waals surface area contributed by atoms with E-state index in [-0.39, 0.29) is 17.7 Å². The van der Waals surface area contributed by atoms with Crippen molar-refractivity contribution in [2.24, 2.45) is 10.9 Å². The van der Waals surface area contributed by atoms with Gasteiger partial charge in [0.2, 0.25) is 0 Å². The first-order valence-electron chi connectivity index (χ1n) is 6.33. The number of benzene rings is 1. The summed E-state index contributed by atoms with van der Waals surface area (Å²) in [6.07, 6.45) is 1.44. The maximum Gasteiger partial charge on any atom is 0.173 e. The monoisotopic (exact) mass is 289 g/mol. The first kappa shape index (κ1) is 14.7. The van der Waals surface area contributed by atoms with Gasteiger partial charge in [0.25, 0.3) is 0 Å². The van der Waals surface area contributed by atoms with Gasteiger partial charge in [0, 0.05) is 12.6 Å². The lowest BCUT2D eigenvalue weighted by molar-refractivity contribution is 0.318. The second-order valence-electron chi connectivity index (χ2n) is 4.56. The standard InChI is InChI=1S/C14H16FN5O/c1-9(10-5-3-4-6-12(10)15)20(2)14-11(13(16)19-21)7-8-17-18-14/h3-9,21H,1-2H3,(H2,16,19). The van der Waals surface area contributed by atoms with Crippen LogP contribution in [0.1, 0.15) is 24.1 Å². The summed E-state index contributed by atoms with van der Waals surface area (Å²) < 4.78 is 13.9. The number of hydrogen-bond donors (Lipinski definition) is 2. The number of hydrogen-bond acceptors (Lipinski definition) is 5. The molecule has 21 heavy (non-hydrogen) atoms. The average Bonchev–Trinajstić information content (AvgIpc) is 2.53. The number of oxime groups is 1. The van der Waals surface area contributed by atoms with Crippen molar-refractivity contribution in [1.82, 2.24) is 10.2 Å². The van der Waals surface area contributed by atoms with E-state index in [2.05, 4.69) is 15.4 Å². The summed E-state index contributed by atoms with van der Waals surface area (Å²) in [7, 11) is 1.75. The summed E-state index contributed by atoms with van der Waals surface area (Å²) in [6.45, 7) is 1.84. The summed E-state index contributed by atoms with van der Waals surface area (Å²) >= 11 is 0. The molecule has 1 unspecified atom stereocenters. The lowest BCUT2D eigenvalue weighted by Crippen LogP contribution is -2.27. The van der Waals surface area contributed by atoms with Crippen molar-refractivity contribution in [1.29, 1.82) is 0 Å². The van der Waals surface area contributed by atoms with E-state index in [4.69, 9.17) is 10.9 Å². The van der Waals surface area contributed by atoms with E-state index < -0.39 is 0 Å². The van der Waals surface area contributed by atoms with Gasteiger partial charge in [-0.1, -0.05) is 23.4 Å². The molecule has 3 N–H and O–H groups in total. The molecular weight excluding hydrogens is 273 g/mol. The Morgan fingerprint density at radius 1 is 1.38 bits per heavy atom. The van der Waals surface area contributed by atoms with Crippen LogP contribution in [0.4, 0.5) is 10.2 Å². The van der Waals surface area contributed by atoms with E-state index in [1.165, 1.54) is 12.3 Å². The van der Waals surface area contributed by atoms with Gasteiger partial charge in [-0.05, 0) is 19.1 Å². The van der Waals surface area contributed by atoms with Gasteiger partial charge < -0.3 is 15.8 Å². The van der Waals surface area contributed by atoms with Crippen molar-refractivity contribution in [2.45, 2.75) is 13.0 Å². The van der Waals surface area contributed by atoms with Crippen LogP contribution >= 0.6 is 0 Å². The fourth-order valence-corrected chi connectivity index (χ4v) is 2.04. The molecule has 0 radical (unpaired) electrons. The van der Waals surface area contributed by atoms with Crippen molar-refractivity contribution < 1.29 is 9.60 Å². The molecule has 7 heteroatoms. The van der Waals surface area contributed by atoms with Gasteiger partial charge in [0.05, 0.1) is 17.8 Å². The van der Waals surface area contributed by atoms with Crippen LogP contribution in [0.25, 0.3) is 0 Å². The van der Waals surface area contributed by atoms with Crippen molar-refractivity contribution in [2.75, 3.05) is 11.9 Å². The van der Waals surface area contributed by atoms with E-state index in [1.807, 2.05) is 6.92 Å². The minimum Gasteiger partial charge on any atom is -0.409 e. The summed E-state index contributed by atoms with van der Waals surface area (Å²) in [4.78, 5) is 1.72. The minimum absolute atomic E-state index is 0.0764. The largest absolute Gasteiger partial charge is 0.409 e. The molecule has 1 aromatic heterocycles. The van der Waals surface area contributed by atoms with Crippen LogP contribution < -0.4 is 10.6 Å². The Balaban J connectivity index is 2.41. The summed E-state index contributed by atoms with van der Waals surface area (Å²) in [5.74, 6) is 0.0297. The van der Waals surface area contributed by atoms with E-state index in [0.717, 1.165) is 0 Å². The number of rotatable bonds is 4. The highest BCUT2D eigenvalue weighted by molar-refractivity contribution is 6.01. The lowest BCUT2D eigenvalue weighted by Gasteiger charge is -2.27. The normalized spacial score (nSPS) is 13.0. The Labute approximate surface area is 121 Å². The molecule has 2 aromatic rings.